The van der Waals surface area contributed by atoms with E-state index in [-0.39, 0.29) is 17.5 Å². The van der Waals surface area contributed by atoms with Crippen molar-refractivity contribution in [2.75, 3.05) is 7.11 Å². The van der Waals surface area contributed by atoms with E-state index in [4.69, 9.17) is 30.5 Å². The lowest BCUT2D eigenvalue weighted by atomic mass is 10.2. The van der Waals surface area contributed by atoms with Crippen LogP contribution in [-0.4, -0.2) is 29.1 Å². The SMILES string of the molecule is CC[C@H](C)Oc1c(I)cc(C=Nn2c(-c3cc4cc(Cl)ccc4o3)nc3ccccc3c2=O)cc1OC. The fraction of sp³-hybridized carbons (Fsp3) is 0.179. The van der Waals surface area contributed by atoms with Gasteiger partial charge < -0.3 is 13.9 Å². The molecule has 5 rings (SSSR count). The van der Waals surface area contributed by atoms with Crippen molar-refractivity contribution in [2.45, 2.75) is 26.4 Å². The van der Waals surface area contributed by atoms with Gasteiger partial charge in [0.25, 0.3) is 5.56 Å². The van der Waals surface area contributed by atoms with E-state index in [1.165, 1.54) is 4.68 Å². The Morgan fingerprint density at radius 2 is 2.00 bits per heavy atom. The topological polar surface area (TPSA) is 78.9 Å². The maximum Gasteiger partial charge on any atom is 0.282 e. The van der Waals surface area contributed by atoms with Crippen LogP contribution >= 0.6 is 34.2 Å². The normalized spacial score (nSPS) is 12.5. The zero-order valence-electron chi connectivity index (χ0n) is 20.4. The number of rotatable bonds is 7. The molecule has 0 amide bonds. The Kier molecular flexibility index (Phi) is 7.21. The van der Waals surface area contributed by atoms with Gasteiger partial charge in [-0.15, -0.1) is 0 Å². The van der Waals surface area contributed by atoms with Crippen LogP contribution in [0, 0.1) is 3.57 Å². The first kappa shape index (κ1) is 25.3. The maximum absolute atomic E-state index is 13.5. The Labute approximate surface area is 231 Å². The number of nitrogens with zero attached hydrogens (tertiary/aromatic N) is 3. The molecule has 0 aliphatic carbocycles. The number of ether oxygens (including phenoxy) is 2. The molecule has 0 aliphatic heterocycles. The van der Waals surface area contributed by atoms with Crippen LogP contribution in [0.5, 0.6) is 11.5 Å². The summed E-state index contributed by atoms with van der Waals surface area (Å²) < 4.78 is 19.8. The molecule has 2 aromatic heterocycles. The Morgan fingerprint density at radius 1 is 1.19 bits per heavy atom. The molecule has 0 unspecified atom stereocenters. The van der Waals surface area contributed by atoms with Crippen molar-refractivity contribution in [3.05, 3.63) is 85.2 Å². The molecule has 5 aromatic rings. The van der Waals surface area contributed by atoms with Crippen LogP contribution in [0.4, 0.5) is 0 Å². The van der Waals surface area contributed by atoms with E-state index >= 15 is 0 Å². The first-order valence-electron chi connectivity index (χ1n) is 11.7. The number of benzene rings is 3. The fourth-order valence-corrected chi connectivity index (χ4v) is 4.79. The van der Waals surface area contributed by atoms with Crippen molar-refractivity contribution < 1.29 is 13.9 Å². The molecule has 0 spiro atoms. The van der Waals surface area contributed by atoms with E-state index < -0.39 is 0 Å². The average Bonchev–Trinajstić information content (AvgIpc) is 3.32. The molecule has 0 aliphatic rings. The van der Waals surface area contributed by atoms with Crippen LogP contribution < -0.4 is 15.0 Å². The molecule has 0 bridgehead atoms. The van der Waals surface area contributed by atoms with E-state index in [1.54, 1.807) is 55.8 Å². The second-order valence-corrected chi connectivity index (χ2v) is 10.1. The van der Waals surface area contributed by atoms with Gasteiger partial charge in [-0.3, -0.25) is 4.79 Å². The van der Waals surface area contributed by atoms with Gasteiger partial charge in [0.05, 0.1) is 33.9 Å². The summed E-state index contributed by atoms with van der Waals surface area (Å²) in [7, 11) is 1.60. The van der Waals surface area contributed by atoms with Gasteiger partial charge in [0, 0.05) is 10.4 Å². The number of hydrogen-bond acceptors (Lipinski definition) is 6. The molecule has 0 saturated heterocycles. The molecule has 7 nitrogen and oxygen atoms in total. The average molecular weight is 628 g/mol. The number of para-hydroxylation sites is 1. The summed E-state index contributed by atoms with van der Waals surface area (Å²) in [5.41, 5.74) is 1.61. The molecular weight excluding hydrogens is 605 g/mol. The van der Waals surface area contributed by atoms with Crippen molar-refractivity contribution >= 4 is 62.3 Å². The monoisotopic (exact) mass is 627 g/mol. The smallest absolute Gasteiger partial charge is 0.282 e. The second-order valence-electron chi connectivity index (χ2n) is 8.48. The summed E-state index contributed by atoms with van der Waals surface area (Å²) in [6.07, 6.45) is 2.51. The summed E-state index contributed by atoms with van der Waals surface area (Å²) in [5.74, 6) is 1.96. The zero-order chi connectivity index (χ0) is 26.1. The summed E-state index contributed by atoms with van der Waals surface area (Å²) in [4.78, 5) is 18.2. The first-order chi connectivity index (χ1) is 17.9. The number of furan rings is 1. The third-order valence-corrected chi connectivity index (χ3v) is 6.96. The Hall–Kier alpha value is -3.37. The highest BCUT2D eigenvalue weighted by Crippen LogP contribution is 2.35. The molecule has 1 atom stereocenters. The third-order valence-electron chi connectivity index (χ3n) is 5.92. The highest BCUT2D eigenvalue weighted by molar-refractivity contribution is 14.1. The number of hydrogen-bond donors (Lipinski definition) is 0. The van der Waals surface area contributed by atoms with E-state index in [0.717, 1.165) is 20.9 Å². The molecular formula is C28H23ClIN3O4. The van der Waals surface area contributed by atoms with Crippen molar-refractivity contribution in [1.29, 1.82) is 0 Å². The molecule has 9 heteroatoms. The van der Waals surface area contributed by atoms with Crippen LogP contribution in [0.3, 0.4) is 0 Å². The Morgan fingerprint density at radius 3 is 2.78 bits per heavy atom. The molecule has 37 heavy (non-hydrogen) atoms. The predicted octanol–water partition coefficient (Wildman–Crippen LogP) is 7.14. The van der Waals surface area contributed by atoms with E-state index in [9.17, 15) is 4.79 Å². The number of methoxy groups -OCH3 is 1. The van der Waals surface area contributed by atoms with Crippen LogP contribution in [0.25, 0.3) is 33.5 Å². The highest BCUT2D eigenvalue weighted by atomic mass is 127. The maximum atomic E-state index is 13.5. The third kappa shape index (κ3) is 5.08. The van der Waals surface area contributed by atoms with E-state index in [2.05, 4.69) is 34.6 Å². The minimum Gasteiger partial charge on any atom is -0.493 e. The largest absolute Gasteiger partial charge is 0.493 e. The van der Waals surface area contributed by atoms with E-state index in [0.29, 0.717) is 38.8 Å². The summed E-state index contributed by atoms with van der Waals surface area (Å²) >= 11 is 8.37. The highest BCUT2D eigenvalue weighted by Gasteiger charge is 2.17. The van der Waals surface area contributed by atoms with Crippen LogP contribution in [0.1, 0.15) is 25.8 Å². The van der Waals surface area contributed by atoms with Gasteiger partial charge in [-0.2, -0.15) is 9.78 Å². The summed E-state index contributed by atoms with van der Waals surface area (Å²) in [6.45, 7) is 4.08. The van der Waals surface area contributed by atoms with Crippen LogP contribution in [0.15, 0.2) is 75.0 Å². The molecule has 0 fully saturated rings. The predicted molar refractivity (Wildman–Crippen MR) is 155 cm³/mol. The van der Waals surface area contributed by atoms with Gasteiger partial charge in [0.2, 0.25) is 5.82 Å². The van der Waals surface area contributed by atoms with Crippen LogP contribution in [0.2, 0.25) is 5.02 Å². The van der Waals surface area contributed by atoms with Gasteiger partial charge in [0.15, 0.2) is 17.3 Å². The van der Waals surface area contributed by atoms with Gasteiger partial charge in [0.1, 0.15) is 5.58 Å². The molecule has 2 heterocycles. The first-order valence-corrected chi connectivity index (χ1v) is 13.1. The van der Waals surface area contributed by atoms with Crippen molar-refractivity contribution in [3.8, 4) is 23.1 Å². The van der Waals surface area contributed by atoms with Gasteiger partial charge >= 0.3 is 0 Å². The van der Waals surface area contributed by atoms with Gasteiger partial charge in [-0.1, -0.05) is 30.7 Å². The lowest BCUT2D eigenvalue weighted by Crippen LogP contribution is -2.20. The number of halogens is 2. The Bertz CT molecular complexity index is 1710. The standard InChI is InChI=1S/C28H23ClIN3O4/c1-4-16(2)36-26-21(30)11-17(12-24(26)35-3)15-31-33-27(32-22-8-6-5-7-20(22)28(33)34)25-14-18-13-19(29)9-10-23(18)37-25/h5-16H,4H2,1-3H3/t16-/m0/s1. The molecule has 3 aromatic carbocycles. The quantitative estimate of drug-likeness (QED) is 0.142. The lowest BCUT2D eigenvalue weighted by Gasteiger charge is -2.17. The molecule has 0 N–H and O–H groups in total. The minimum absolute atomic E-state index is 0.0467. The lowest BCUT2D eigenvalue weighted by molar-refractivity contribution is 0.206. The van der Waals surface area contributed by atoms with Crippen LogP contribution in [-0.2, 0) is 0 Å². The fourth-order valence-electron chi connectivity index (χ4n) is 3.85. The Balaban J connectivity index is 1.64. The second kappa shape index (κ2) is 10.5. The minimum atomic E-state index is -0.311. The molecule has 188 valence electrons. The summed E-state index contributed by atoms with van der Waals surface area (Å²) in [5, 5.41) is 6.39. The zero-order valence-corrected chi connectivity index (χ0v) is 23.3. The molecule has 0 radical (unpaired) electrons. The molecule has 0 saturated carbocycles. The van der Waals surface area contributed by atoms with Crippen molar-refractivity contribution in [2.24, 2.45) is 5.10 Å². The van der Waals surface area contributed by atoms with Gasteiger partial charge in [-0.05, 0) is 90.0 Å². The number of aromatic nitrogens is 2. The van der Waals surface area contributed by atoms with Gasteiger partial charge in [-0.25, -0.2) is 4.98 Å². The van der Waals surface area contributed by atoms with Crippen molar-refractivity contribution in [3.63, 3.8) is 0 Å². The van der Waals surface area contributed by atoms with Crippen molar-refractivity contribution in [1.82, 2.24) is 9.66 Å². The number of fused-ring (bicyclic) bond motifs is 2. The summed E-state index contributed by atoms with van der Waals surface area (Å²) in [6, 6.07) is 18.0. The van der Waals surface area contributed by atoms with E-state index in [1.807, 2.05) is 25.1 Å².